The minimum Gasteiger partial charge on any atom is -0.303 e. The van der Waals surface area contributed by atoms with Gasteiger partial charge in [-0.15, -0.1) is 24.2 Å². The molecule has 0 radical (unpaired) electrons. The molecular formula is C19H21ClF3NS. The summed E-state index contributed by atoms with van der Waals surface area (Å²) in [5.74, 6) is -1.20. The van der Waals surface area contributed by atoms with Gasteiger partial charge < -0.3 is 4.90 Å². The van der Waals surface area contributed by atoms with Gasteiger partial charge in [-0.1, -0.05) is 6.07 Å². The average Bonchev–Trinajstić information content (AvgIpc) is 2.57. The molecule has 0 aliphatic carbocycles. The molecule has 0 unspecified atom stereocenters. The van der Waals surface area contributed by atoms with E-state index in [-0.39, 0.29) is 18.2 Å². The SMILES string of the molecule is Cl.Fc1ccc(SC2CCN(CCc3ccc(F)cc3F)CC2)cc1. The Morgan fingerprint density at radius 3 is 2.20 bits per heavy atom. The van der Waals surface area contributed by atoms with Gasteiger partial charge >= 0.3 is 0 Å². The van der Waals surface area contributed by atoms with Crippen molar-refractivity contribution in [1.29, 1.82) is 0 Å². The summed E-state index contributed by atoms with van der Waals surface area (Å²) in [7, 11) is 0. The van der Waals surface area contributed by atoms with Gasteiger partial charge in [-0.2, -0.15) is 0 Å². The van der Waals surface area contributed by atoms with Gasteiger partial charge in [0.1, 0.15) is 17.5 Å². The van der Waals surface area contributed by atoms with Crippen LogP contribution in [0.15, 0.2) is 47.4 Å². The zero-order chi connectivity index (χ0) is 16.9. The Morgan fingerprint density at radius 1 is 0.920 bits per heavy atom. The molecular weight excluding hydrogens is 367 g/mol. The molecule has 0 aromatic heterocycles. The van der Waals surface area contributed by atoms with E-state index in [1.807, 2.05) is 12.1 Å². The van der Waals surface area contributed by atoms with Crippen molar-refractivity contribution in [3.63, 3.8) is 0 Å². The van der Waals surface area contributed by atoms with Gasteiger partial charge in [0.05, 0.1) is 0 Å². The lowest BCUT2D eigenvalue weighted by Gasteiger charge is -2.31. The third-order valence-electron chi connectivity index (χ3n) is 4.36. The minimum absolute atomic E-state index is 0. The molecule has 2 aromatic carbocycles. The summed E-state index contributed by atoms with van der Waals surface area (Å²) >= 11 is 1.80. The first-order chi connectivity index (χ1) is 11.6. The quantitative estimate of drug-likeness (QED) is 0.682. The Balaban J connectivity index is 0.00000225. The van der Waals surface area contributed by atoms with Crippen molar-refractivity contribution in [3.05, 3.63) is 65.5 Å². The number of piperidine rings is 1. The first kappa shape index (κ1) is 20.1. The second kappa shape index (κ2) is 9.51. The molecule has 0 N–H and O–H groups in total. The number of benzene rings is 2. The minimum atomic E-state index is -0.533. The highest BCUT2D eigenvalue weighted by molar-refractivity contribution is 8.00. The van der Waals surface area contributed by atoms with Crippen LogP contribution in [0.1, 0.15) is 18.4 Å². The Bertz CT molecular complexity index is 673. The highest BCUT2D eigenvalue weighted by atomic mass is 35.5. The van der Waals surface area contributed by atoms with Gasteiger partial charge in [0.25, 0.3) is 0 Å². The Morgan fingerprint density at radius 2 is 1.56 bits per heavy atom. The van der Waals surface area contributed by atoms with Crippen LogP contribution in [0.3, 0.4) is 0 Å². The molecule has 0 amide bonds. The molecule has 136 valence electrons. The third-order valence-corrected chi connectivity index (χ3v) is 5.71. The molecule has 0 atom stereocenters. The number of halogens is 4. The summed E-state index contributed by atoms with van der Waals surface area (Å²) in [6, 6.07) is 10.4. The predicted octanol–water partition coefficient (Wildman–Crippen LogP) is 5.32. The van der Waals surface area contributed by atoms with Gasteiger partial charge in [-0.25, -0.2) is 13.2 Å². The Labute approximate surface area is 157 Å². The fourth-order valence-corrected chi connectivity index (χ4v) is 4.08. The maximum absolute atomic E-state index is 13.6. The molecule has 1 aliphatic heterocycles. The summed E-state index contributed by atoms with van der Waals surface area (Å²) in [4.78, 5) is 3.42. The maximum Gasteiger partial charge on any atom is 0.129 e. The lowest BCUT2D eigenvalue weighted by atomic mass is 10.1. The number of thioether (sulfide) groups is 1. The Kier molecular flexibility index (Phi) is 7.66. The highest BCUT2D eigenvalue weighted by Crippen LogP contribution is 2.30. The van der Waals surface area contributed by atoms with Crippen LogP contribution in [0, 0.1) is 17.5 Å². The largest absolute Gasteiger partial charge is 0.303 e. The third kappa shape index (κ3) is 5.94. The number of hydrogen-bond donors (Lipinski definition) is 0. The van der Waals surface area contributed by atoms with E-state index in [1.165, 1.54) is 24.3 Å². The van der Waals surface area contributed by atoms with Crippen molar-refractivity contribution in [2.24, 2.45) is 0 Å². The molecule has 0 spiro atoms. The second-order valence-electron chi connectivity index (χ2n) is 6.10. The monoisotopic (exact) mass is 387 g/mol. The van der Waals surface area contributed by atoms with Crippen LogP contribution < -0.4 is 0 Å². The lowest BCUT2D eigenvalue weighted by Crippen LogP contribution is -2.36. The molecule has 1 heterocycles. The van der Waals surface area contributed by atoms with Crippen molar-refractivity contribution in [3.8, 4) is 0 Å². The molecule has 0 bridgehead atoms. The number of hydrogen-bond acceptors (Lipinski definition) is 2. The summed E-state index contributed by atoms with van der Waals surface area (Å²) in [6.07, 6.45) is 2.73. The van der Waals surface area contributed by atoms with Crippen LogP contribution in [0.25, 0.3) is 0 Å². The van der Waals surface area contributed by atoms with Crippen LogP contribution >= 0.6 is 24.2 Å². The number of likely N-dealkylation sites (tertiary alicyclic amines) is 1. The zero-order valence-electron chi connectivity index (χ0n) is 13.8. The van der Waals surface area contributed by atoms with E-state index in [0.717, 1.165) is 43.4 Å². The number of rotatable bonds is 5. The van der Waals surface area contributed by atoms with Crippen LogP contribution in [-0.4, -0.2) is 29.8 Å². The normalized spacial score (nSPS) is 15.8. The average molecular weight is 388 g/mol. The van der Waals surface area contributed by atoms with Crippen LogP contribution in [0.2, 0.25) is 0 Å². The van der Waals surface area contributed by atoms with E-state index in [1.54, 1.807) is 11.8 Å². The zero-order valence-corrected chi connectivity index (χ0v) is 15.4. The molecule has 0 saturated carbocycles. The topological polar surface area (TPSA) is 3.24 Å². The summed E-state index contributed by atoms with van der Waals surface area (Å²) in [5, 5.41) is 0.536. The van der Waals surface area contributed by atoms with E-state index >= 15 is 0 Å². The lowest BCUT2D eigenvalue weighted by molar-refractivity contribution is 0.235. The van der Waals surface area contributed by atoms with Crippen LogP contribution in [-0.2, 0) is 6.42 Å². The van der Waals surface area contributed by atoms with Gasteiger partial charge in [-0.3, -0.25) is 0 Å². The first-order valence-electron chi connectivity index (χ1n) is 8.18. The van der Waals surface area contributed by atoms with E-state index in [9.17, 15) is 13.2 Å². The maximum atomic E-state index is 13.6. The molecule has 1 saturated heterocycles. The predicted molar refractivity (Wildman–Crippen MR) is 99.0 cm³/mol. The molecule has 1 fully saturated rings. The standard InChI is InChI=1S/C19H20F3NS.ClH/c20-15-3-5-17(6-4-15)24-18-8-11-23(12-9-18)10-7-14-1-2-16(21)13-19(14)22;/h1-6,13,18H,7-12H2;1H. The van der Waals surface area contributed by atoms with Gasteiger partial charge in [0.2, 0.25) is 0 Å². The van der Waals surface area contributed by atoms with Crippen molar-refractivity contribution < 1.29 is 13.2 Å². The van der Waals surface area contributed by atoms with Crippen LogP contribution in [0.4, 0.5) is 13.2 Å². The fraction of sp³-hybridized carbons (Fsp3) is 0.368. The Hall–Kier alpha value is -1.17. The highest BCUT2D eigenvalue weighted by Gasteiger charge is 2.20. The fourth-order valence-electron chi connectivity index (χ4n) is 2.96. The van der Waals surface area contributed by atoms with Gasteiger partial charge in [-0.05, 0) is 68.2 Å². The van der Waals surface area contributed by atoms with E-state index in [4.69, 9.17) is 0 Å². The van der Waals surface area contributed by atoms with Gasteiger partial charge in [0, 0.05) is 22.8 Å². The van der Waals surface area contributed by atoms with Crippen molar-refractivity contribution in [2.75, 3.05) is 19.6 Å². The smallest absolute Gasteiger partial charge is 0.129 e. The summed E-state index contributed by atoms with van der Waals surface area (Å²) < 4.78 is 39.5. The molecule has 3 rings (SSSR count). The van der Waals surface area contributed by atoms with E-state index in [0.29, 0.717) is 17.2 Å². The molecule has 25 heavy (non-hydrogen) atoms. The molecule has 6 heteroatoms. The second-order valence-corrected chi connectivity index (χ2v) is 7.47. The van der Waals surface area contributed by atoms with Crippen molar-refractivity contribution in [1.82, 2.24) is 4.90 Å². The van der Waals surface area contributed by atoms with E-state index in [2.05, 4.69) is 4.90 Å². The summed E-state index contributed by atoms with van der Waals surface area (Å²) in [6.45, 7) is 2.74. The van der Waals surface area contributed by atoms with Crippen LogP contribution in [0.5, 0.6) is 0 Å². The van der Waals surface area contributed by atoms with E-state index < -0.39 is 11.6 Å². The molecule has 1 nitrogen and oxygen atoms in total. The molecule has 1 aliphatic rings. The first-order valence-corrected chi connectivity index (χ1v) is 9.06. The molecule has 2 aromatic rings. The summed E-state index contributed by atoms with van der Waals surface area (Å²) in [5.41, 5.74) is 0.569. The van der Waals surface area contributed by atoms with Crippen molar-refractivity contribution in [2.45, 2.75) is 29.4 Å². The van der Waals surface area contributed by atoms with Crippen molar-refractivity contribution >= 4 is 24.2 Å². The van der Waals surface area contributed by atoms with Gasteiger partial charge in [0.15, 0.2) is 0 Å². The number of nitrogens with zero attached hydrogens (tertiary/aromatic N) is 1.